The van der Waals surface area contributed by atoms with Gasteiger partial charge in [-0.25, -0.2) is 0 Å². The van der Waals surface area contributed by atoms with Crippen molar-refractivity contribution in [2.75, 3.05) is 0 Å². The van der Waals surface area contributed by atoms with Gasteiger partial charge in [-0.15, -0.1) is 0 Å². The molecule has 2 aromatic carbocycles. The van der Waals surface area contributed by atoms with E-state index in [0.717, 1.165) is 29.5 Å². The van der Waals surface area contributed by atoms with Crippen LogP contribution in [0.1, 0.15) is 55.0 Å². The number of halogens is 1. The maximum atomic E-state index is 10.6. The number of hydrogen-bond acceptors (Lipinski definition) is 4. The van der Waals surface area contributed by atoms with Crippen molar-refractivity contribution in [2.45, 2.75) is 70.7 Å². The lowest BCUT2D eigenvalue weighted by Crippen LogP contribution is -2.57. The molecule has 29 heavy (non-hydrogen) atoms. The van der Waals surface area contributed by atoms with Gasteiger partial charge >= 0.3 is 0 Å². The third kappa shape index (κ3) is 3.62. The second-order valence-electron chi connectivity index (χ2n) is 8.39. The zero-order valence-electron chi connectivity index (χ0n) is 17.2. The van der Waals surface area contributed by atoms with Crippen LogP contribution in [-0.4, -0.2) is 28.5 Å². The zero-order valence-corrected chi connectivity index (χ0v) is 17.9. The highest BCUT2D eigenvalue weighted by atomic mass is 35.5. The summed E-state index contributed by atoms with van der Waals surface area (Å²) in [6.45, 7) is 6.18. The highest BCUT2D eigenvalue weighted by molar-refractivity contribution is 6.31. The molecule has 0 aliphatic carbocycles. The monoisotopic (exact) mass is 416 g/mol. The maximum Gasteiger partial charge on any atom is 0.201 e. The fourth-order valence-electron chi connectivity index (χ4n) is 4.56. The zero-order chi connectivity index (χ0) is 20.8. The molecule has 2 heterocycles. The Morgan fingerprint density at radius 1 is 1.07 bits per heavy atom. The van der Waals surface area contributed by atoms with Crippen LogP contribution in [0.15, 0.2) is 36.4 Å². The third-order valence-electron chi connectivity index (χ3n) is 6.35. The molecule has 2 aromatic rings. The third-order valence-corrected chi connectivity index (χ3v) is 6.70. The van der Waals surface area contributed by atoms with Gasteiger partial charge in [0.25, 0.3) is 0 Å². The Balaban J connectivity index is 1.67. The lowest BCUT2D eigenvalue weighted by molar-refractivity contribution is -0.346. The summed E-state index contributed by atoms with van der Waals surface area (Å²) in [4.78, 5) is 0. The molecule has 1 unspecified atom stereocenters. The van der Waals surface area contributed by atoms with Crippen molar-refractivity contribution in [3.63, 3.8) is 0 Å². The average Bonchev–Trinajstić information content (AvgIpc) is 3.05. The van der Waals surface area contributed by atoms with Crippen molar-refractivity contribution in [3.8, 4) is 0 Å². The Bertz CT molecular complexity index is 881. The lowest BCUT2D eigenvalue weighted by Gasteiger charge is -2.47. The molecule has 2 aliphatic heterocycles. The van der Waals surface area contributed by atoms with Crippen LogP contribution >= 0.6 is 11.6 Å². The van der Waals surface area contributed by atoms with E-state index in [1.54, 1.807) is 6.92 Å². The predicted octanol–water partition coefficient (Wildman–Crippen LogP) is 4.34. The summed E-state index contributed by atoms with van der Waals surface area (Å²) in [6.07, 6.45) is 0.546. The minimum Gasteiger partial charge on any atom is -0.390 e. The first-order chi connectivity index (χ1) is 13.9. The molecule has 5 atom stereocenters. The van der Waals surface area contributed by atoms with E-state index in [2.05, 4.69) is 37.3 Å². The molecule has 0 bridgehead atoms. The molecule has 5 heteroatoms. The van der Waals surface area contributed by atoms with Gasteiger partial charge in [0.15, 0.2) is 0 Å². The molecule has 4 nitrogen and oxygen atoms in total. The van der Waals surface area contributed by atoms with Crippen LogP contribution in [0.2, 0.25) is 5.02 Å². The number of rotatable bonds is 4. The van der Waals surface area contributed by atoms with Crippen LogP contribution in [0.4, 0.5) is 0 Å². The summed E-state index contributed by atoms with van der Waals surface area (Å²) in [6, 6.07) is 12.7. The second kappa shape index (κ2) is 8.01. The van der Waals surface area contributed by atoms with E-state index in [0.29, 0.717) is 18.1 Å². The summed E-state index contributed by atoms with van der Waals surface area (Å²) in [5.41, 5.74) is 5.42. The van der Waals surface area contributed by atoms with E-state index >= 15 is 0 Å². The van der Waals surface area contributed by atoms with Crippen LogP contribution in [0, 0.1) is 5.92 Å². The van der Waals surface area contributed by atoms with Crippen LogP contribution in [-0.2, 0) is 34.7 Å². The summed E-state index contributed by atoms with van der Waals surface area (Å²) in [7, 11) is 0. The average molecular weight is 417 g/mol. The fraction of sp³-hybridized carbons (Fsp3) is 0.500. The van der Waals surface area contributed by atoms with Gasteiger partial charge in [-0.05, 0) is 54.2 Å². The number of hydrogen-bond donors (Lipinski definition) is 2. The molecule has 0 radical (unpaired) electrons. The van der Waals surface area contributed by atoms with Crippen LogP contribution in [0.25, 0.3) is 0 Å². The number of fused-ring (bicyclic) bond motifs is 2. The summed E-state index contributed by atoms with van der Waals surface area (Å²) >= 11 is 6.60. The molecule has 0 amide bonds. The van der Waals surface area contributed by atoms with E-state index in [9.17, 15) is 10.2 Å². The van der Waals surface area contributed by atoms with Gasteiger partial charge in [0.2, 0.25) is 5.79 Å². The fourth-order valence-corrected chi connectivity index (χ4v) is 4.81. The van der Waals surface area contributed by atoms with Gasteiger partial charge in [0.05, 0.1) is 18.8 Å². The van der Waals surface area contributed by atoms with Gasteiger partial charge in [-0.1, -0.05) is 56.1 Å². The van der Waals surface area contributed by atoms with Crippen molar-refractivity contribution >= 4 is 11.6 Å². The summed E-state index contributed by atoms with van der Waals surface area (Å²) in [5, 5.41) is 21.5. The van der Waals surface area contributed by atoms with Crippen LogP contribution < -0.4 is 0 Å². The molecule has 1 saturated heterocycles. The molecule has 0 saturated carbocycles. The highest BCUT2D eigenvalue weighted by Crippen LogP contribution is 2.49. The first-order valence-corrected chi connectivity index (χ1v) is 10.8. The number of aliphatic hydroxyl groups excluding tert-OH is 2. The molecule has 0 aromatic heterocycles. The second-order valence-corrected chi connectivity index (χ2v) is 8.80. The van der Waals surface area contributed by atoms with Gasteiger partial charge in [0, 0.05) is 16.5 Å². The Labute approximate surface area is 177 Å². The molecular weight excluding hydrogens is 388 g/mol. The normalized spacial score (nSPS) is 31.2. The first kappa shape index (κ1) is 20.8. The van der Waals surface area contributed by atoms with Crippen molar-refractivity contribution in [1.82, 2.24) is 0 Å². The van der Waals surface area contributed by atoms with Gasteiger partial charge in [0.1, 0.15) is 6.10 Å². The predicted molar refractivity (Wildman–Crippen MR) is 113 cm³/mol. The van der Waals surface area contributed by atoms with Crippen LogP contribution in [0.3, 0.4) is 0 Å². The standard InChI is InChI=1S/C24H29ClO4/c1-4-5-16-6-8-17(9-7-16)10-18-11-20-19(12-21(18)25)13-28-24(20)14(2)22(26)23(27)15(3)29-24/h6-9,11-12,14-15,22-23,26-27H,4-5,10,13H2,1-3H3/t14-,15-,22?,23-,24-/m1/s1. The Morgan fingerprint density at radius 2 is 1.76 bits per heavy atom. The number of aryl methyl sites for hydroxylation is 1. The smallest absolute Gasteiger partial charge is 0.201 e. The number of ether oxygens (including phenoxy) is 2. The maximum absolute atomic E-state index is 10.6. The van der Waals surface area contributed by atoms with E-state index in [-0.39, 0.29) is 0 Å². The van der Waals surface area contributed by atoms with Gasteiger partial charge < -0.3 is 19.7 Å². The summed E-state index contributed by atoms with van der Waals surface area (Å²) < 4.78 is 12.3. The van der Waals surface area contributed by atoms with Crippen molar-refractivity contribution in [3.05, 3.63) is 69.2 Å². The Kier molecular flexibility index (Phi) is 5.75. The SMILES string of the molecule is CCCc1ccc(Cc2cc3c(cc2Cl)CO[C@]32O[C@H](C)[C@@H](O)C(O)[C@H]2C)cc1. The van der Waals surface area contributed by atoms with Crippen molar-refractivity contribution in [2.24, 2.45) is 5.92 Å². The quantitative estimate of drug-likeness (QED) is 0.778. The lowest BCUT2D eigenvalue weighted by atomic mass is 9.81. The number of aliphatic hydroxyl groups is 2. The van der Waals surface area contributed by atoms with Crippen molar-refractivity contribution < 1.29 is 19.7 Å². The van der Waals surface area contributed by atoms with E-state index in [1.807, 2.05) is 13.0 Å². The molecule has 2 aliphatic rings. The van der Waals surface area contributed by atoms with Gasteiger partial charge in [-0.2, -0.15) is 0 Å². The minimum absolute atomic E-state index is 0.376. The topological polar surface area (TPSA) is 58.9 Å². The van der Waals surface area contributed by atoms with Gasteiger partial charge in [-0.3, -0.25) is 0 Å². The molecule has 1 spiro atoms. The molecular formula is C24H29ClO4. The molecule has 2 N–H and O–H groups in total. The minimum atomic E-state index is -1.06. The first-order valence-electron chi connectivity index (χ1n) is 10.4. The van der Waals surface area contributed by atoms with Crippen molar-refractivity contribution in [1.29, 1.82) is 0 Å². The molecule has 4 rings (SSSR count). The summed E-state index contributed by atoms with van der Waals surface area (Å²) in [5.74, 6) is -1.46. The molecule has 156 valence electrons. The molecule has 1 fully saturated rings. The van der Waals surface area contributed by atoms with E-state index < -0.39 is 30.0 Å². The van der Waals surface area contributed by atoms with E-state index in [4.69, 9.17) is 21.1 Å². The largest absolute Gasteiger partial charge is 0.390 e. The number of benzene rings is 2. The Hall–Kier alpha value is -1.43. The van der Waals surface area contributed by atoms with Crippen LogP contribution in [0.5, 0.6) is 0 Å². The highest BCUT2D eigenvalue weighted by Gasteiger charge is 2.55. The van der Waals surface area contributed by atoms with E-state index in [1.165, 1.54) is 11.1 Å². The Morgan fingerprint density at radius 3 is 2.45 bits per heavy atom.